The molecule has 39 heavy (non-hydrogen) atoms. The maximum atomic E-state index is 12.6. The van der Waals surface area contributed by atoms with Crippen LogP contribution in [0, 0.1) is 18.8 Å². The normalized spacial score (nSPS) is 18.0. The number of pyridine rings is 1. The molecule has 212 valence electrons. The average molecular weight is 539 g/mol. The Morgan fingerprint density at radius 2 is 2.00 bits per heavy atom. The SMILES string of the molecule is Cc1cc(-c2nc3cc(CC[C@H](C(=O)OCC(C)C)[C@@H](C)O)ccc3n2CC2COCCN2C)cn(C)c1=O. The summed E-state index contributed by atoms with van der Waals surface area (Å²) in [5, 5.41) is 10.2. The van der Waals surface area contributed by atoms with Gasteiger partial charge in [0.2, 0.25) is 0 Å². The Hall–Kier alpha value is -3.01. The molecule has 1 fully saturated rings. The van der Waals surface area contributed by atoms with E-state index >= 15 is 0 Å². The number of imidazole rings is 1. The summed E-state index contributed by atoms with van der Waals surface area (Å²) in [7, 11) is 3.88. The Morgan fingerprint density at radius 1 is 1.23 bits per heavy atom. The van der Waals surface area contributed by atoms with Crippen molar-refractivity contribution in [3.63, 3.8) is 0 Å². The zero-order valence-corrected chi connectivity index (χ0v) is 24.0. The lowest BCUT2D eigenvalue weighted by molar-refractivity contribution is -0.153. The highest BCUT2D eigenvalue weighted by Crippen LogP contribution is 2.28. The molecule has 1 saturated heterocycles. The van der Waals surface area contributed by atoms with Crippen LogP contribution < -0.4 is 5.56 Å². The van der Waals surface area contributed by atoms with Gasteiger partial charge in [0.1, 0.15) is 5.82 Å². The van der Waals surface area contributed by atoms with E-state index in [9.17, 15) is 14.7 Å². The van der Waals surface area contributed by atoms with E-state index < -0.39 is 12.0 Å². The molecule has 9 heteroatoms. The number of benzene rings is 1. The van der Waals surface area contributed by atoms with E-state index in [1.807, 2.05) is 33.0 Å². The van der Waals surface area contributed by atoms with Gasteiger partial charge in [0.15, 0.2) is 0 Å². The lowest BCUT2D eigenvalue weighted by Crippen LogP contribution is -2.45. The molecule has 1 N–H and O–H groups in total. The number of aromatic nitrogens is 3. The van der Waals surface area contributed by atoms with Gasteiger partial charge in [0.25, 0.3) is 5.56 Å². The molecule has 3 heterocycles. The summed E-state index contributed by atoms with van der Waals surface area (Å²) in [5.74, 6) is 0.114. The van der Waals surface area contributed by atoms with Gasteiger partial charge in [-0.25, -0.2) is 4.98 Å². The maximum Gasteiger partial charge on any atom is 0.311 e. The molecular formula is C30H42N4O5. The fourth-order valence-corrected chi connectivity index (χ4v) is 5.11. The summed E-state index contributed by atoms with van der Waals surface area (Å²) >= 11 is 0. The summed E-state index contributed by atoms with van der Waals surface area (Å²) in [6, 6.07) is 8.30. The number of rotatable bonds is 10. The molecule has 1 unspecified atom stereocenters. The van der Waals surface area contributed by atoms with Crippen LogP contribution in [0.2, 0.25) is 0 Å². The van der Waals surface area contributed by atoms with Gasteiger partial charge in [-0.2, -0.15) is 0 Å². The first kappa shape index (κ1) is 29.0. The van der Waals surface area contributed by atoms with Crippen LogP contribution in [-0.2, 0) is 34.3 Å². The van der Waals surface area contributed by atoms with Crippen molar-refractivity contribution >= 4 is 17.0 Å². The van der Waals surface area contributed by atoms with Crippen LogP contribution in [0.3, 0.4) is 0 Å². The fraction of sp³-hybridized carbons (Fsp3) is 0.567. The number of nitrogens with zero attached hydrogens (tertiary/aromatic N) is 4. The van der Waals surface area contributed by atoms with Gasteiger partial charge >= 0.3 is 5.97 Å². The van der Waals surface area contributed by atoms with E-state index in [0.29, 0.717) is 38.2 Å². The second kappa shape index (κ2) is 12.4. The van der Waals surface area contributed by atoms with E-state index in [4.69, 9.17) is 14.5 Å². The number of morpholine rings is 1. The monoisotopic (exact) mass is 538 g/mol. The third-order valence-corrected chi connectivity index (χ3v) is 7.54. The minimum atomic E-state index is -0.790. The van der Waals surface area contributed by atoms with Crippen LogP contribution in [0.1, 0.15) is 38.3 Å². The lowest BCUT2D eigenvalue weighted by Gasteiger charge is -2.33. The number of esters is 1. The van der Waals surface area contributed by atoms with Crippen molar-refractivity contribution in [3.8, 4) is 11.4 Å². The van der Waals surface area contributed by atoms with E-state index in [0.717, 1.165) is 41.1 Å². The van der Waals surface area contributed by atoms with Gasteiger partial charge in [-0.3, -0.25) is 14.5 Å². The van der Waals surface area contributed by atoms with Crippen LogP contribution in [0.5, 0.6) is 0 Å². The number of fused-ring (bicyclic) bond motifs is 1. The Bertz CT molecular complexity index is 1330. The standard InChI is InChI=1S/C30H42N4O5/c1-19(2)17-39-30(37)25(21(4)35)9-7-22-8-10-27-26(14-22)31-28(23-13-20(3)29(36)33(6)15-23)34(27)16-24-18-38-12-11-32(24)5/h8,10,13-15,19,21,24-25,35H,7,9,11-12,16-18H2,1-6H3/t21-,24?,25+/m1/s1. The first-order chi connectivity index (χ1) is 18.5. The molecule has 4 rings (SSSR count). The Labute approximate surface area is 230 Å². The molecular weight excluding hydrogens is 496 g/mol. The van der Waals surface area contributed by atoms with Crippen molar-refractivity contribution in [2.24, 2.45) is 18.9 Å². The number of ether oxygens (including phenoxy) is 2. The smallest absolute Gasteiger partial charge is 0.311 e. The zero-order chi connectivity index (χ0) is 28.3. The van der Waals surface area contributed by atoms with E-state index in [1.54, 1.807) is 18.5 Å². The second-order valence-electron chi connectivity index (χ2n) is 11.3. The van der Waals surface area contributed by atoms with Gasteiger partial charge in [0.05, 0.1) is 48.9 Å². The molecule has 9 nitrogen and oxygen atoms in total. The zero-order valence-electron chi connectivity index (χ0n) is 24.0. The fourth-order valence-electron chi connectivity index (χ4n) is 5.11. The predicted molar refractivity (Wildman–Crippen MR) is 152 cm³/mol. The van der Waals surface area contributed by atoms with Crippen molar-refractivity contribution < 1.29 is 19.4 Å². The molecule has 1 aromatic carbocycles. The number of hydrogen-bond donors (Lipinski definition) is 1. The molecule has 0 saturated carbocycles. The highest BCUT2D eigenvalue weighted by Gasteiger charge is 2.26. The van der Waals surface area contributed by atoms with Crippen molar-refractivity contribution in [1.82, 2.24) is 19.0 Å². The molecule has 1 aliphatic heterocycles. The van der Waals surface area contributed by atoms with Gasteiger partial charge in [-0.05, 0) is 63.4 Å². The van der Waals surface area contributed by atoms with Gasteiger partial charge in [0, 0.05) is 37.5 Å². The highest BCUT2D eigenvalue weighted by atomic mass is 16.5. The van der Waals surface area contributed by atoms with E-state index in [2.05, 4.69) is 34.7 Å². The van der Waals surface area contributed by atoms with Crippen molar-refractivity contribution in [2.45, 2.75) is 59.2 Å². The third kappa shape index (κ3) is 6.77. The van der Waals surface area contributed by atoms with Crippen LogP contribution in [-0.4, -0.2) is 75.7 Å². The summed E-state index contributed by atoms with van der Waals surface area (Å²) < 4.78 is 15.0. The minimum Gasteiger partial charge on any atom is -0.465 e. The summed E-state index contributed by atoms with van der Waals surface area (Å²) in [4.78, 5) is 32.3. The number of carbonyl (C=O) groups is 1. The number of likely N-dealkylation sites (N-methyl/N-ethyl adjacent to an activating group) is 1. The summed E-state index contributed by atoms with van der Waals surface area (Å²) in [6.45, 7) is 10.7. The van der Waals surface area contributed by atoms with Crippen molar-refractivity contribution in [1.29, 1.82) is 0 Å². The van der Waals surface area contributed by atoms with Crippen LogP contribution in [0.25, 0.3) is 22.4 Å². The molecule has 2 aromatic heterocycles. The molecule has 1 aliphatic rings. The molecule has 3 atom stereocenters. The van der Waals surface area contributed by atoms with Gasteiger partial charge in [-0.1, -0.05) is 19.9 Å². The number of aliphatic hydroxyl groups is 1. The lowest BCUT2D eigenvalue weighted by atomic mass is 9.95. The highest BCUT2D eigenvalue weighted by molar-refractivity contribution is 5.81. The summed E-state index contributed by atoms with van der Waals surface area (Å²) in [5.41, 5.74) is 4.42. The summed E-state index contributed by atoms with van der Waals surface area (Å²) in [6.07, 6.45) is 2.15. The van der Waals surface area contributed by atoms with Crippen LogP contribution >= 0.6 is 0 Å². The Morgan fingerprint density at radius 3 is 2.67 bits per heavy atom. The minimum absolute atomic E-state index is 0.0244. The molecule has 0 spiro atoms. The van der Waals surface area contributed by atoms with Crippen LogP contribution in [0.4, 0.5) is 0 Å². The van der Waals surface area contributed by atoms with Crippen LogP contribution in [0.15, 0.2) is 35.3 Å². The number of aliphatic hydroxyl groups excluding tert-OH is 1. The molecule has 0 radical (unpaired) electrons. The number of carbonyl (C=O) groups excluding carboxylic acids is 1. The first-order valence-corrected chi connectivity index (χ1v) is 13.8. The maximum absolute atomic E-state index is 12.6. The van der Waals surface area contributed by atoms with E-state index in [-0.39, 0.29) is 23.5 Å². The van der Waals surface area contributed by atoms with Crippen molar-refractivity contribution in [2.75, 3.05) is 33.4 Å². The molecule has 3 aromatic rings. The predicted octanol–water partition coefficient (Wildman–Crippen LogP) is 3.17. The largest absolute Gasteiger partial charge is 0.465 e. The first-order valence-electron chi connectivity index (χ1n) is 13.8. The van der Waals surface area contributed by atoms with Gasteiger partial charge < -0.3 is 23.7 Å². The number of aryl methyl sites for hydroxylation is 3. The van der Waals surface area contributed by atoms with Crippen molar-refractivity contribution in [3.05, 3.63) is 51.9 Å². The molecule has 0 bridgehead atoms. The quantitative estimate of drug-likeness (QED) is 0.396. The number of hydrogen-bond acceptors (Lipinski definition) is 7. The second-order valence-corrected chi connectivity index (χ2v) is 11.3. The van der Waals surface area contributed by atoms with E-state index in [1.165, 1.54) is 0 Å². The Kier molecular flexibility index (Phi) is 9.25. The Balaban J connectivity index is 1.66. The third-order valence-electron chi connectivity index (χ3n) is 7.54. The topological polar surface area (TPSA) is 98.8 Å². The average Bonchev–Trinajstić information content (AvgIpc) is 3.24. The molecule has 0 amide bonds. The molecule has 0 aliphatic carbocycles. The van der Waals surface area contributed by atoms with Gasteiger partial charge in [-0.15, -0.1) is 0 Å².